The number of rotatable bonds is 3. The molecule has 13 heavy (non-hydrogen) atoms. The predicted octanol–water partition coefficient (Wildman–Crippen LogP) is 1.77. The van der Waals surface area contributed by atoms with Crippen molar-refractivity contribution in [1.29, 1.82) is 0 Å². The highest BCUT2D eigenvalue weighted by Crippen LogP contribution is 2.16. The van der Waals surface area contributed by atoms with Crippen LogP contribution >= 0.6 is 0 Å². The molecule has 0 aromatic rings. The second-order valence-electron chi connectivity index (χ2n) is 4.21. The molecule has 0 aliphatic carbocycles. The lowest BCUT2D eigenvalue weighted by atomic mass is 10.0. The van der Waals surface area contributed by atoms with Crippen molar-refractivity contribution in [1.82, 2.24) is 4.90 Å². The average molecular weight is 182 g/mol. The van der Waals surface area contributed by atoms with E-state index in [-0.39, 0.29) is 0 Å². The van der Waals surface area contributed by atoms with E-state index in [1.807, 2.05) is 0 Å². The van der Waals surface area contributed by atoms with Crippen molar-refractivity contribution in [2.45, 2.75) is 39.7 Å². The van der Waals surface area contributed by atoms with Gasteiger partial charge < -0.3 is 5.73 Å². The van der Waals surface area contributed by atoms with Gasteiger partial charge in [0.15, 0.2) is 0 Å². The molecule has 0 spiro atoms. The molecule has 1 atom stereocenters. The van der Waals surface area contributed by atoms with Crippen LogP contribution in [0.3, 0.4) is 0 Å². The molecule has 2 heteroatoms. The van der Waals surface area contributed by atoms with E-state index in [1.165, 1.54) is 18.5 Å². The summed E-state index contributed by atoms with van der Waals surface area (Å²) in [6, 6.07) is 0.353. The van der Waals surface area contributed by atoms with Gasteiger partial charge in [0.1, 0.15) is 0 Å². The van der Waals surface area contributed by atoms with Crippen molar-refractivity contribution >= 4 is 0 Å². The van der Waals surface area contributed by atoms with Gasteiger partial charge in [0.25, 0.3) is 0 Å². The lowest BCUT2D eigenvalue weighted by Crippen LogP contribution is -2.40. The minimum absolute atomic E-state index is 0.353. The van der Waals surface area contributed by atoms with Crippen molar-refractivity contribution < 1.29 is 0 Å². The average Bonchev–Trinajstić information content (AvgIpc) is 2.11. The Morgan fingerprint density at radius 3 is 2.62 bits per heavy atom. The quantitative estimate of drug-likeness (QED) is 0.674. The SMILES string of the molecule is CC[C@H](N)CN1CCC(C)=C(C)C1. The van der Waals surface area contributed by atoms with Gasteiger partial charge in [0, 0.05) is 25.7 Å². The van der Waals surface area contributed by atoms with Crippen molar-refractivity contribution in [2.75, 3.05) is 19.6 Å². The van der Waals surface area contributed by atoms with Crippen LogP contribution in [0.25, 0.3) is 0 Å². The van der Waals surface area contributed by atoms with Gasteiger partial charge >= 0.3 is 0 Å². The number of nitrogens with two attached hydrogens (primary N) is 1. The monoisotopic (exact) mass is 182 g/mol. The second-order valence-corrected chi connectivity index (χ2v) is 4.21. The summed E-state index contributed by atoms with van der Waals surface area (Å²) in [7, 11) is 0. The largest absolute Gasteiger partial charge is 0.327 e. The van der Waals surface area contributed by atoms with E-state index >= 15 is 0 Å². The molecule has 2 N–H and O–H groups in total. The summed E-state index contributed by atoms with van der Waals surface area (Å²) in [4.78, 5) is 2.47. The van der Waals surface area contributed by atoms with E-state index in [2.05, 4.69) is 25.7 Å². The zero-order valence-electron chi connectivity index (χ0n) is 9.14. The van der Waals surface area contributed by atoms with E-state index < -0.39 is 0 Å². The standard InChI is InChI=1S/C11H22N2/c1-4-11(12)8-13-6-5-9(2)10(3)7-13/h11H,4-8,12H2,1-3H3/t11-/m0/s1. The second kappa shape index (κ2) is 4.77. The minimum atomic E-state index is 0.353. The molecule has 0 aromatic heterocycles. The summed E-state index contributed by atoms with van der Waals surface area (Å²) in [5.74, 6) is 0. The molecule has 0 amide bonds. The van der Waals surface area contributed by atoms with E-state index in [4.69, 9.17) is 5.73 Å². The normalized spacial score (nSPS) is 22.2. The highest BCUT2D eigenvalue weighted by Gasteiger charge is 2.15. The molecule has 0 aromatic carbocycles. The summed E-state index contributed by atoms with van der Waals surface area (Å²) in [6.45, 7) is 10.0. The topological polar surface area (TPSA) is 29.3 Å². The van der Waals surface area contributed by atoms with Gasteiger partial charge in [-0.3, -0.25) is 4.90 Å². The molecule has 1 heterocycles. The number of nitrogens with zero attached hydrogens (tertiary/aromatic N) is 1. The zero-order chi connectivity index (χ0) is 9.84. The molecule has 2 nitrogen and oxygen atoms in total. The Balaban J connectivity index is 2.40. The first-order valence-corrected chi connectivity index (χ1v) is 5.26. The van der Waals surface area contributed by atoms with E-state index in [9.17, 15) is 0 Å². The third-order valence-corrected chi connectivity index (χ3v) is 3.01. The van der Waals surface area contributed by atoms with Crippen LogP contribution in [0.15, 0.2) is 11.1 Å². The predicted molar refractivity (Wildman–Crippen MR) is 57.7 cm³/mol. The Kier molecular flexibility index (Phi) is 3.94. The fourth-order valence-electron chi connectivity index (χ4n) is 1.71. The molecule has 0 saturated heterocycles. The maximum absolute atomic E-state index is 5.93. The van der Waals surface area contributed by atoms with Gasteiger partial charge in [-0.05, 0) is 26.7 Å². The van der Waals surface area contributed by atoms with Crippen LogP contribution in [0.2, 0.25) is 0 Å². The Bertz CT molecular complexity index is 196. The first kappa shape index (κ1) is 10.7. The zero-order valence-corrected chi connectivity index (χ0v) is 9.14. The van der Waals surface area contributed by atoms with Crippen molar-refractivity contribution in [3.8, 4) is 0 Å². The van der Waals surface area contributed by atoms with Gasteiger partial charge in [-0.15, -0.1) is 0 Å². The van der Waals surface area contributed by atoms with Gasteiger partial charge in [-0.25, -0.2) is 0 Å². The molecular formula is C11H22N2. The highest BCUT2D eigenvalue weighted by atomic mass is 15.1. The van der Waals surface area contributed by atoms with E-state index in [1.54, 1.807) is 5.57 Å². The molecule has 0 unspecified atom stereocenters. The van der Waals surface area contributed by atoms with Crippen LogP contribution in [0, 0.1) is 0 Å². The van der Waals surface area contributed by atoms with Crippen LogP contribution in [0.5, 0.6) is 0 Å². The van der Waals surface area contributed by atoms with E-state index in [0.29, 0.717) is 6.04 Å². The third kappa shape index (κ3) is 3.12. The Hall–Kier alpha value is -0.340. The highest BCUT2D eigenvalue weighted by molar-refractivity contribution is 5.14. The van der Waals surface area contributed by atoms with Crippen molar-refractivity contribution in [3.63, 3.8) is 0 Å². The van der Waals surface area contributed by atoms with E-state index in [0.717, 1.165) is 19.5 Å². The maximum Gasteiger partial charge on any atom is 0.0193 e. The number of hydrogen-bond donors (Lipinski definition) is 1. The summed E-state index contributed by atoms with van der Waals surface area (Å²) >= 11 is 0. The van der Waals surface area contributed by atoms with Crippen LogP contribution in [-0.4, -0.2) is 30.6 Å². The van der Waals surface area contributed by atoms with Crippen molar-refractivity contribution in [2.24, 2.45) is 5.73 Å². The third-order valence-electron chi connectivity index (χ3n) is 3.01. The van der Waals surface area contributed by atoms with Crippen LogP contribution in [-0.2, 0) is 0 Å². The Morgan fingerprint density at radius 1 is 1.38 bits per heavy atom. The molecule has 1 rings (SSSR count). The van der Waals surface area contributed by atoms with Crippen LogP contribution < -0.4 is 5.73 Å². The first-order valence-electron chi connectivity index (χ1n) is 5.26. The van der Waals surface area contributed by atoms with Gasteiger partial charge in [-0.1, -0.05) is 18.1 Å². The molecule has 0 saturated carbocycles. The molecule has 76 valence electrons. The Morgan fingerprint density at radius 2 is 2.08 bits per heavy atom. The molecule has 0 bridgehead atoms. The maximum atomic E-state index is 5.93. The summed E-state index contributed by atoms with van der Waals surface area (Å²) < 4.78 is 0. The fourth-order valence-corrected chi connectivity index (χ4v) is 1.71. The van der Waals surface area contributed by atoms with Gasteiger partial charge in [0.2, 0.25) is 0 Å². The molecular weight excluding hydrogens is 160 g/mol. The lowest BCUT2D eigenvalue weighted by molar-refractivity contribution is 0.265. The summed E-state index contributed by atoms with van der Waals surface area (Å²) in [5.41, 5.74) is 9.03. The summed E-state index contributed by atoms with van der Waals surface area (Å²) in [6.07, 6.45) is 2.31. The molecule has 0 radical (unpaired) electrons. The minimum Gasteiger partial charge on any atom is -0.327 e. The number of hydrogen-bond acceptors (Lipinski definition) is 2. The lowest BCUT2D eigenvalue weighted by Gasteiger charge is -2.30. The summed E-state index contributed by atoms with van der Waals surface area (Å²) in [5, 5.41) is 0. The molecule has 1 aliphatic rings. The van der Waals surface area contributed by atoms with Crippen LogP contribution in [0.4, 0.5) is 0 Å². The molecule has 1 aliphatic heterocycles. The molecule has 0 fully saturated rings. The van der Waals surface area contributed by atoms with Gasteiger partial charge in [-0.2, -0.15) is 0 Å². The Labute approximate surface area is 81.8 Å². The van der Waals surface area contributed by atoms with Gasteiger partial charge in [0.05, 0.1) is 0 Å². The van der Waals surface area contributed by atoms with Crippen LogP contribution in [0.1, 0.15) is 33.6 Å². The first-order chi connectivity index (χ1) is 6.13. The van der Waals surface area contributed by atoms with Crippen molar-refractivity contribution in [3.05, 3.63) is 11.1 Å². The fraction of sp³-hybridized carbons (Fsp3) is 0.818. The smallest absolute Gasteiger partial charge is 0.0193 e.